The van der Waals surface area contributed by atoms with Crippen LogP contribution in [0.5, 0.6) is 0 Å². The summed E-state index contributed by atoms with van der Waals surface area (Å²) in [5.41, 5.74) is 1.06. The molecule has 0 unspecified atom stereocenters. The van der Waals surface area contributed by atoms with E-state index in [0.29, 0.717) is 0 Å². The Bertz CT molecular complexity index is 447. The number of aromatic nitrogens is 2. The summed E-state index contributed by atoms with van der Waals surface area (Å²) in [6.07, 6.45) is 2.41. The molecule has 0 atom stereocenters. The second-order valence-electron chi connectivity index (χ2n) is 7.11. The van der Waals surface area contributed by atoms with Crippen molar-refractivity contribution in [2.75, 3.05) is 23.7 Å². The van der Waals surface area contributed by atoms with E-state index < -0.39 is 0 Å². The Balaban J connectivity index is 2.92. The zero-order chi connectivity index (χ0) is 16.0. The zero-order valence-electron chi connectivity index (χ0n) is 14.8. The molecule has 4 nitrogen and oxygen atoms in total. The molecule has 0 amide bonds. The summed E-state index contributed by atoms with van der Waals surface area (Å²) in [5.74, 6) is 3.55. The summed E-state index contributed by atoms with van der Waals surface area (Å²) in [6, 6.07) is 0. The van der Waals surface area contributed by atoms with Crippen LogP contribution in [0.2, 0.25) is 0 Å². The molecule has 1 heterocycles. The van der Waals surface area contributed by atoms with Gasteiger partial charge in [-0.1, -0.05) is 34.6 Å². The van der Waals surface area contributed by atoms with Gasteiger partial charge in [-0.05, 0) is 32.6 Å². The van der Waals surface area contributed by atoms with Gasteiger partial charge < -0.3 is 10.6 Å². The van der Waals surface area contributed by atoms with Crippen LogP contribution in [-0.2, 0) is 5.41 Å². The van der Waals surface area contributed by atoms with Crippen LogP contribution in [0.25, 0.3) is 0 Å². The van der Waals surface area contributed by atoms with E-state index in [1.807, 2.05) is 0 Å². The lowest BCUT2D eigenvalue weighted by molar-refractivity contribution is 0.545. The lowest BCUT2D eigenvalue weighted by Gasteiger charge is -2.21. The quantitative estimate of drug-likeness (QED) is 0.733. The van der Waals surface area contributed by atoms with Crippen molar-refractivity contribution >= 4 is 11.6 Å². The third-order valence-corrected chi connectivity index (χ3v) is 3.41. The molecule has 2 N–H and O–H groups in total. The van der Waals surface area contributed by atoms with Crippen molar-refractivity contribution < 1.29 is 0 Å². The SMILES string of the molecule is CCNc1nc(C(C)(C)C)nc(NCCCC(C)C)c1C. The Morgan fingerprint density at radius 1 is 1.05 bits per heavy atom. The van der Waals surface area contributed by atoms with Gasteiger partial charge in [-0.25, -0.2) is 9.97 Å². The topological polar surface area (TPSA) is 49.8 Å². The summed E-state index contributed by atoms with van der Waals surface area (Å²) in [4.78, 5) is 9.43. The fourth-order valence-electron chi connectivity index (χ4n) is 2.08. The van der Waals surface area contributed by atoms with Crippen LogP contribution in [-0.4, -0.2) is 23.1 Å². The Kier molecular flexibility index (Phi) is 6.43. The van der Waals surface area contributed by atoms with E-state index in [4.69, 9.17) is 4.98 Å². The fourth-order valence-corrected chi connectivity index (χ4v) is 2.08. The predicted octanol–water partition coefficient (Wildman–Crippen LogP) is 4.36. The largest absolute Gasteiger partial charge is 0.370 e. The van der Waals surface area contributed by atoms with Gasteiger partial charge >= 0.3 is 0 Å². The third-order valence-electron chi connectivity index (χ3n) is 3.41. The average molecular weight is 292 g/mol. The summed E-state index contributed by atoms with van der Waals surface area (Å²) < 4.78 is 0. The number of hydrogen-bond acceptors (Lipinski definition) is 4. The number of nitrogens with zero attached hydrogens (tertiary/aromatic N) is 2. The van der Waals surface area contributed by atoms with E-state index >= 15 is 0 Å². The maximum absolute atomic E-state index is 4.74. The minimum atomic E-state index is -0.0494. The van der Waals surface area contributed by atoms with E-state index in [2.05, 4.69) is 64.1 Å². The molecule has 0 saturated heterocycles. The molecule has 1 aromatic heterocycles. The molecule has 0 aromatic carbocycles. The molecule has 0 aliphatic carbocycles. The first kappa shape index (κ1) is 17.7. The van der Waals surface area contributed by atoms with Gasteiger partial charge in [0.1, 0.15) is 17.5 Å². The Morgan fingerprint density at radius 3 is 2.10 bits per heavy atom. The van der Waals surface area contributed by atoms with Gasteiger partial charge in [-0.3, -0.25) is 0 Å². The molecule has 21 heavy (non-hydrogen) atoms. The summed E-state index contributed by atoms with van der Waals surface area (Å²) >= 11 is 0. The van der Waals surface area contributed by atoms with E-state index in [9.17, 15) is 0 Å². The van der Waals surface area contributed by atoms with Crippen molar-refractivity contribution in [3.05, 3.63) is 11.4 Å². The smallest absolute Gasteiger partial charge is 0.138 e. The Labute approximate surface area is 130 Å². The summed E-state index contributed by atoms with van der Waals surface area (Å²) in [6.45, 7) is 17.0. The first-order valence-corrected chi connectivity index (χ1v) is 8.12. The van der Waals surface area contributed by atoms with Gasteiger partial charge in [-0.15, -0.1) is 0 Å². The van der Waals surface area contributed by atoms with Crippen LogP contribution in [0.1, 0.15) is 65.8 Å². The van der Waals surface area contributed by atoms with Crippen molar-refractivity contribution in [2.45, 2.75) is 66.7 Å². The van der Waals surface area contributed by atoms with E-state index in [1.54, 1.807) is 0 Å². The molecule has 0 saturated carbocycles. The first-order valence-electron chi connectivity index (χ1n) is 8.12. The number of hydrogen-bond donors (Lipinski definition) is 2. The first-order chi connectivity index (χ1) is 9.75. The Hall–Kier alpha value is -1.32. The molecule has 0 aliphatic heterocycles. The number of nitrogens with one attached hydrogen (secondary N) is 2. The van der Waals surface area contributed by atoms with E-state index in [0.717, 1.165) is 42.0 Å². The second kappa shape index (κ2) is 7.62. The van der Waals surface area contributed by atoms with Gasteiger partial charge in [0.05, 0.1) is 0 Å². The molecular formula is C17H32N4. The molecule has 120 valence electrons. The highest BCUT2D eigenvalue weighted by Crippen LogP contribution is 2.26. The van der Waals surface area contributed by atoms with Crippen LogP contribution < -0.4 is 10.6 Å². The second-order valence-corrected chi connectivity index (χ2v) is 7.11. The molecule has 1 rings (SSSR count). The molecule has 0 radical (unpaired) electrons. The maximum atomic E-state index is 4.74. The van der Waals surface area contributed by atoms with Gasteiger partial charge in [0.15, 0.2) is 0 Å². The highest BCUT2D eigenvalue weighted by atomic mass is 15.1. The fraction of sp³-hybridized carbons (Fsp3) is 0.765. The van der Waals surface area contributed by atoms with Crippen LogP contribution in [0.4, 0.5) is 11.6 Å². The average Bonchev–Trinajstić information content (AvgIpc) is 2.37. The highest BCUT2D eigenvalue weighted by Gasteiger charge is 2.20. The minimum Gasteiger partial charge on any atom is -0.370 e. The van der Waals surface area contributed by atoms with Crippen molar-refractivity contribution in [3.63, 3.8) is 0 Å². The molecule has 0 spiro atoms. The van der Waals surface area contributed by atoms with E-state index in [-0.39, 0.29) is 5.41 Å². The van der Waals surface area contributed by atoms with Gasteiger partial charge in [0, 0.05) is 24.1 Å². The standard InChI is InChI=1S/C17H32N4/c1-8-18-14-13(4)15(19-11-9-10-12(2)3)21-16(20-14)17(5,6)7/h12H,8-11H2,1-7H3,(H2,18,19,20,21). The Morgan fingerprint density at radius 2 is 1.62 bits per heavy atom. The van der Waals surface area contributed by atoms with Crippen LogP contribution >= 0.6 is 0 Å². The minimum absolute atomic E-state index is 0.0494. The molecular weight excluding hydrogens is 260 g/mol. The molecule has 0 fully saturated rings. The van der Waals surface area contributed by atoms with Gasteiger partial charge in [0.25, 0.3) is 0 Å². The summed E-state index contributed by atoms with van der Waals surface area (Å²) in [5, 5.41) is 6.83. The number of anilines is 2. The van der Waals surface area contributed by atoms with Crippen molar-refractivity contribution in [1.82, 2.24) is 9.97 Å². The molecule has 4 heteroatoms. The highest BCUT2D eigenvalue weighted by molar-refractivity contribution is 5.57. The van der Waals surface area contributed by atoms with Crippen LogP contribution in [0.15, 0.2) is 0 Å². The zero-order valence-corrected chi connectivity index (χ0v) is 14.8. The predicted molar refractivity (Wildman–Crippen MR) is 92.2 cm³/mol. The van der Waals surface area contributed by atoms with Crippen LogP contribution in [0, 0.1) is 12.8 Å². The third kappa shape index (κ3) is 5.52. The van der Waals surface area contributed by atoms with Crippen molar-refractivity contribution in [2.24, 2.45) is 5.92 Å². The van der Waals surface area contributed by atoms with Crippen molar-refractivity contribution in [3.8, 4) is 0 Å². The maximum Gasteiger partial charge on any atom is 0.138 e. The molecule has 0 bridgehead atoms. The monoisotopic (exact) mass is 292 g/mol. The normalized spacial score (nSPS) is 11.8. The molecule has 0 aliphatic rings. The number of rotatable bonds is 7. The summed E-state index contributed by atoms with van der Waals surface area (Å²) in [7, 11) is 0. The van der Waals surface area contributed by atoms with Gasteiger partial charge in [0.2, 0.25) is 0 Å². The lowest BCUT2D eigenvalue weighted by Crippen LogP contribution is -2.20. The van der Waals surface area contributed by atoms with E-state index in [1.165, 1.54) is 12.8 Å². The van der Waals surface area contributed by atoms with Crippen LogP contribution in [0.3, 0.4) is 0 Å². The van der Waals surface area contributed by atoms with Gasteiger partial charge in [-0.2, -0.15) is 0 Å². The lowest BCUT2D eigenvalue weighted by atomic mass is 9.95. The molecule has 1 aromatic rings. The van der Waals surface area contributed by atoms with Crippen molar-refractivity contribution in [1.29, 1.82) is 0 Å².